The average Bonchev–Trinajstić information content (AvgIpc) is 2.27. The van der Waals surface area contributed by atoms with E-state index in [-0.39, 0.29) is 17.9 Å². The molecule has 0 unspecified atom stereocenters. The number of rotatable bonds is 2. The number of hydrogen-bond acceptors (Lipinski definition) is 4. The molecule has 0 saturated heterocycles. The number of carbonyl (C=O) groups excluding carboxylic acids is 2. The number of methoxy groups -OCH3 is 2. The zero-order valence-corrected chi connectivity index (χ0v) is 8.41. The first-order chi connectivity index (χ1) is 6.69. The van der Waals surface area contributed by atoms with Gasteiger partial charge < -0.3 is 9.47 Å². The predicted octanol–water partition coefficient (Wildman–Crippen LogP) is 1.06. The van der Waals surface area contributed by atoms with E-state index < -0.39 is 0 Å². The van der Waals surface area contributed by atoms with Crippen LogP contribution in [0.1, 0.15) is 19.3 Å². The van der Waals surface area contributed by atoms with Crippen molar-refractivity contribution in [3.8, 4) is 0 Å². The Morgan fingerprint density at radius 3 is 2.64 bits per heavy atom. The Morgan fingerprint density at radius 2 is 2.07 bits per heavy atom. The molecule has 0 bridgehead atoms. The van der Waals surface area contributed by atoms with Gasteiger partial charge in [-0.25, -0.2) is 4.79 Å². The maximum Gasteiger partial charge on any atom is 0.333 e. The lowest BCUT2D eigenvalue weighted by molar-refractivity contribution is -0.146. The minimum absolute atomic E-state index is 0.195. The van der Waals surface area contributed by atoms with Crippen LogP contribution in [0, 0.1) is 5.92 Å². The number of ether oxygens (including phenoxy) is 2. The Hall–Kier alpha value is -1.32. The standard InChI is InChI=1S/C10H14O4/c1-13-9(11)7-4-3-5-8(6-7)10(12)14-2/h4,8H,3,5-6H2,1-2H3/t8-/m0/s1. The van der Waals surface area contributed by atoms with Gasteiger partial charge in [0.1, 0.15) is 0 Å². The van der Waals surface area contributed by atoms with Crippen LogP contribution in [0.15, 0.2) is 11.6 Å². The highest BCUT2D eigenvalue weighted by molar-refractivity contribution is 5.89. The molecule has 4 nitrogen and oxygen atoms in total. The van der Waals surface area contributed by atoms with E-state index in [1.165, 1.54) is 14.2 Å². The molecule has 1 aliphatic rings. The fourth-order valence-electron chi connectivity index (χ4n) is 1.58. The molecule has 1 aliphatic carbocycles. The normalized spacial score (nSPS) is 21.0. The highest BCUT2D eigenvalue weighted by Gasteiger charge is 2.26. The second-order valence-corrected chi connectivity index (χ2v) is 3.22. The van der Waals surface area contributed by atoms with Crippen molar-refractivity contribution in [2.24, 2.45) is 5.92 Å². The van der Waals surface area contributed by atoms with E-state index >= 15 is 0 Å². The predicted molar refractivity (Wildman–Crippen MR) is 49.5 cm³/mol. The van der Waals surface area contributed by atoms with Gasteiger partial charge in [0, 0.05) is 5.57 Å². The SMILES string of the molecule is COC(=O)C1=CCC[C@H](C(=O)OC)C1. The first kappa shape index (κ1) is 10.8. The summed E-state index contributed by atoms with van der Waals surface area (Å²) in [6, 6.07) is 0. The first-order valence-corrected chi connectivity index (χ1v) is 4.54. The Bertz CT molecular complexity index is 267. The van der Waals surface area contributed by atoms with E-state index in [4.69, 9.17) is 0 Å². The van der Waals surface area contributed by atoms with Gasteiger partial charge in [-0.2, -0.15) is 0 Å². The molecule has 0 saturated carbocycles. The van der Waals surface area contributed by atoms with Gasteiger partial charge >= 0.3 is 11.9 Å². The number of allylic oxidation sites excluding steroid dienone is 1. The first-order valence-electron chi connectivity index (χ1n) is 4.54. The van der Waals surface area contributed by atoms with Crippen LogP contribution >= 0.6 is 0 Å². The summed E-state index contributed by atoms with van der Waals surface area (Å²) in [5.41, 5.74) is 0.578. The summed E-state index contributed by atoms with van der Waals surface area (Å²) in [4.78, 5) is 22.4. The fourth-order valence-corrected chi connectivity index (χ4v) is 1.58. The van der Waals surface area contributed by atoms with Crippen molar-refractivity contribution in [1.82, 2.24) is 0 Å². The summed E-state index contributed by atoms with van der Waals surface area (Å²) in [5, 5.41) is 0. The molecule has 4 heteroatoms. The Kier molecular flexibility index (Phi) is 3.68. The van der Waals surface area contributed by atoms with Crippen LogP contribution in [0.5, 0.6) is 0 Å². The van der Waals surface area contributed by atoms with Gasteiger partial charge in [-0.1, -0.05) is 6.08 Å². The van der Waals surface area contributed by atoms with Crippen LogP contribution in [0.4, 0.5) is 0 Å². The topological polar surface area (TPSA) is 52.6 Å². The Balaban J connectivity index is 2.62. The molecule has 78 valence electrons. The van der Waals surface area contributed by atoms with Crippen molar-refractivity contribution in [2.45, 2.75) is 19.3 Å². The van der Waals surface area contributed by atoms with Crippen LogP contribution in [0.2, 0.25) is 0 Å². The quantitative estimate of drug-likeness (QED) is 0.622. The zero-order chi connectivity index (χ0) is 10.6. The highest BCUT2D eigenvalue weighted by Crippen LogP contribution is 2.25. The third-order valence-corrected chi connectivity index (χ3v) is 2.35. The van der Waals surface area contributed by atoms with Gasteiger partial charge in [0.25, 0.3) is 0 Å². The monoisotopic (exact) mass is 198 g/mol. The molecular weight excluding hydrogens is 184 g/mol. The molecule has 0 heterocycles. The van der Waals surface area contributed by atoms with Gasteiger partial charge in [-0.15, -0.1) is 0 Å². The van der Waals surface area contributed by atoms with Gasteiger partial charge in [-0.05, 0) is 19.3 Å². The average molecular weight is 198 g/mol. The lowest BCUT2D eigenvalue weighted by atomic mass is 9.89. The molecule has 0 aliphatic heterocycles. The zero-order valence-electron chi connectivity index (χ0n) is 8.41. The van der Waals surface area contributed by atoms with Crippen LogP contribution in [-0.4, -0.2) is 26.2 Å². The summed E-state index contributed by atoms with van der Waals surface area (Å²) in [6.45, 7) is 0. The third kappa shape index (κ3) is 2.34. The second-order valence-electron chi connectivity index (χ2n) is 3.22. The Labute approximate surface area is 82.9 Å². The molecule has 1 atom stereocenters. The van der Waals surface area contributed by atoms with Gasteiger partial charge in [0.2, 0.25) is 0 Å². The lowest BCUT2D eigenvalue weighted by Crippen LogP contribution is -2.22. The smallest absolute Gasteiger partial charge is 0.333 e. The molecule has 0 fully saturated rings. The molecule has 0 amide bonds. The molecule has 0 aromatic heterocycles. The maximum atomic E-state index is 11.2. The summed E-state index contributed by atoms with van der Waals surface area (Å²) in [7, 11) is 2.70. The van der Waals surface area contributed by atoms with Crippen LogP contribution in [0.3, 0.4) is 0 Å². The summed E-state index contributed by atoms with van der Waals surface area (Å²) >= 11 is 0. The largest absolute Gasteiger partial charge is 0.469 e. The fraction of sp³-hybridized carbons (Fsp3) is 0.600. The number of esters is 2. The molecule has 1 rings (SSSR count). The molecule has 0 radical (unpaired) electrons. The minimum Gasteiger partial charge on any atom is -0.469 e. The molecule has 0 spiro atoms. The van der Waals surface area contributed by atoms with E-state index in [1.807, 2.05) is 6.08 Å². The van der Waals surface area contributed by atoms with Gasteiger partial charge in [-0.3, -0.25) is 4.79 Å². The van der Waals surface area contributed by atoms with E-state index in [2.05, 4.69) is 9.47 Å². The van der Waals surface area contributed by atoms with Crippen molar-refractivity contribution in [2.75, 3.05) is 14.2 Å². The summed E-state index contributed by atoms with van der Waals surface area (Å²) < 4.78 is 9.23. The van der Waals surface area contributed by atoms with E-state index in [0.29, 0.717) is 12.0 Å². The van der Waals surface area contributed by atoms with Crippen LogP contribution in [-0.2, 0) is 19.1 Å². The molecule has 0 aromatic carbocycles. The molecular formula is C10H14O4. The second kappa shape index (κ2) is 4.79. The van der Waals surface area contributed by atoms with Crippen LogP contribution in [0.25, 0.3) is 0 Å². The minimum atomic E-state index is -0.349. The number of hydrogen-bond donors (Lipinski definition) is 0. The van der Waals surface area contributed by atoms with E-state index in [1.54, 1.807) is 0 Å². The van der Waals surface area contributed by atoms with Crippen molar-refractivity contribution in [3.63, 3.8) is 0 Å². The Morgan fingerprint density at radius 1 is 1.36 bits per heavy atom. The van der Waals surface area contributed by atoms with Gasteiger partial charge in [0.05, 0.1) is 20.1 Å². The van der Waals surface area contributed by atoms with Crippen molar-refractivity contribution >= 4 is 11.9 Å². The van der Waals surface area contributed by atoms with E-state index in [0.717, 1.165) is 12.8 Å². The van der Waals surface area contributed by atoms with Crippen molar-refractivity contribution in [1.29, 1.82) is 0 Å². The third-order valence-electron chi connectivity index (χ3n) is 2.35. The summed E-state index contributed by atoms with van der Waals surface area (Å²) in [6.07, 6.45) is 3.72. The maximum absolute atomic E-state index is 11.2. The van der Waals surface area contributed by atoms with Gasteiger partial charge in [0.15, 0.2) is 0 Å². The molecule has 0 N–H and O–H groups in total. The molecule has 0 aromatic rings. The van der Waals surface area contributed by atoms with Crippen LogP contribution < -0.4 is 0 Å². The molecule has 14 heavy (non-hydrogen) atoms. The lowest BCUT2D eigenvalue weighted by Gasteiger charge is -2.18. The van der Waals surface area contributed by atoms with Crippen molar-refractivity contribution < 1.29 is 19.1 Å². The van der Waals surface area contributed by atoms with Crippen molar-refractivity contribution in [3.05, 3.63) is 11.6 Å². The summed E-state index contributed by atoms with van der Waals surface area (Å²) in [5.74, 6) is -0.794. The van der Waals surface area contributed by atoms with E-state index in [9.17, 15) is 9.59 Å². The highest BCUT2D eigenvalue weighted by atomic mass is 16.5. The number of carbonyl (C=O) groups is 2.